The number of ether oxygens (including phenoxy) is 1. The molecule has 0 unspecified atom stereocenters. The monoisotopic (exact) mass is 282 g/mol. The van der Waals surface area contributed by atoms with Gasteiger partial charge in [0.15, 0.2) is 12.3 Å². The highest BCUT2D eigenvalue weighted by Gasteiger charge is 2.22. The number of carbonyl (C=O) groups excluding carboxylic acids is 2. The fraction of sp³-hybridized carbons (Fsp3) is 0.615. The van der Waals surface area contributed by atoms with Crippen molar-refractivity contribution in [3.05, 3.63) is 11.4 Å². The summed E-state index contributed by atoms with van der Waals surface area (Å²) in [6, 6.07) is 0. The molecule has 0 spiro atoms. The van der Waals surface area contributed by atoms with Crippen molar-refractivity contribution in [1.82, 2.24) is 15.1 Å². The summed E-state index contributed by atoms with van der Waals surface area (Å²) >= 11 is 0. The normalized spacial score (nSPS) is 11.2. The first-order chi connectivity index (χ1) is 9.18. The Morgan fingerprint density at radius 3 is 2.50 bits per heavy atom. The number of nitrogens with two attached hydrogens (primary N) is 1. The van der Waals surface area contributed by atoms with Crippen LogP contribution in [0.4, 0.5) is 5.69 Å². The van der Waals surface area contributed by atoms with Gasteiger partial charge in [-0.25, -0.2) is 4.79 Å². The average molecular weight is 282 g/mol. The minimum atomic E-state index is -0.657. The molecular weight excluding hydrogens is 260 g/mol. The van der Waals surface area contributed by atoms with Crippen LogP contribution in [-0.2, 0) is 16.6 Å². The number of nitrogens with one attached hydrogen (secondary N) is 1. The average Bonchev–Trinajstić information content (AvgIpc) is 2.60. The molecule has 0 bridgehead atoms. The third kappa shape index (κ3) is 3.72. The smallest absolute Gasteiger partial charge is 0.359 e. The zero-order valence-electron chi connectivity index (χ0n) is 12.6. The molecule has 0 saturated heterocycles. The summed E-state index contributed by atoms with van der Waals surface area (Å²) < 4.78 is 6.31. The number of aryl methyl sites for hydroxylation is 2. The quantitative estimate of drug-likeness (QED) is 0.777. The number of rotatable bonds is 5. The number of nitrogen functional groups attached to an aromatic ring is 1. The Morgan fingerprint density at radius 2 is 2.05 bits per heavy atom. The van der Waals surface area contributed by atoms with E-state index in [2.05, 4.69) is 10.4 Å². The van der Waals surface area contributed by atoms with E-state index in [-0.39, 0.29) is 29.4 Å². The van der Waals surface area contributed by atoms with Gasteiger partial charge < -0.3 is 15.8 Å². The first kappa shape index (κ1) is 16.0. The van der Waals surface area contributed by atoms with Crippen LogP contribution < -0.4 is 11.1 Å². The Hall–Kier alpha value is -2.05. The van der Waals surface area contributed by atoms with Gasteiger partial charge in [0.25, 0.3) is 5.91 Å². The van der Waals surface area contributed by atoms with Crippen molar-refractivity contribution < 1.29 is 14.3 Å². The first-order valence-corrected chi connectivity index (χ1v) is 6.45. The molecule has 0 radical (unpaired) electrons. The van der Waals surface area contributed by atoms with Crippen LogP contribution in [0.2, 0.25) is 0 Å². The molecule has 0 fully saturated rings. The topological polar surface area (TPSA) is 99.2 Å². The third-order valence-electron chi connectivity index (χ3n) is 3.16. The van der Waals surface area contributed by atoms with Gasteiger partial charge in [-0.2, -0.15) is 5.10 Å². The van der Waals surface area contributed by atoms with Crippen LogP contribution in [0.3, 0.4) is 0 Å². The molecule has 0 atom stereocenters. The summed E-state index contributed by atoms with van der Waals surface area (Å²) in [6.07, 6.45) is 0.778. The number of hydrogen-bond donors (Lipinski definition) is 2. The Bertz CT molecular complexity index is 520. The molecule has 20 heavy (non-hydrogen) atoms. The zero-order chi connectivity index (χ0) is 15.5. The van der Waals surface area contributed by atoms with Crippen LogP contribution in [0.25, 0.3) is 0 Å². The van der Waals surface area contributed by atoms with Gasteiger partial charge in [0.05, 0.1) is 11.4 Å². The van der Waals surface area contributed by atoms with Crippen molar-refractivity contribution in [3.63, 3.8) is 0 Å². The molecule has 1 rings (SSSR count). The van der Waals surface area contributed by atoms with Crippen molar-refractivity contribution in [2.24, 2.45) is 7.05 Å². The van der Waals surface area contributed by atoms with Gasteiger partial charge in [0, 0.05) is 12.6 Å². The van der Waals surface area contributed by atoms with Gasteiger partial charge in [-0.05, 0) is 27.2 Å². The molecule has 1 heterocycles. The Balaban J connectivity index is 2.62. The highest BCUT2D eigenvalue weighted by Crippen LogP contribution is 2.16. The number of carbonyl (C=O) groups is 2. The maximum atomic E-state index is 11.9. The summed E-state index contributed by atoms with van der Waals surface area (Å²) in [5.74, 6) is -1.00. The summed E-state index contributed by atoms with van der Waals surface area (Å²) in [7, 11) is 1.60. The minimum Gasteiger partial charge on any atom is -0.451 e. The van der Waals surface area contributed by atoms with E-state index in [9.17, 15) is 9.59 Å². The van der Waals surface area contributed by atoms with Crippen molar-refractivity contribution in [1.29, 1.82) is 0 Å². The van der Waals surface area contributed by atoms with E-state index < -0.39 is 5.97 Å². The summed E-state index contributed by atoms with van der Waals surface area (Å²) in [4.78, 5) is 23.6. The molecule has 1 aromatic heterocycles. The number of esters is 1. The second-order valence-electron chi connectivity index (χ2n) is 5.33. The molecule has 3 N–H and O–H groups in total. The highest BCUT2D eigenvalue weighted by atomic mass is 16.5. The number of aromatic nitrogens is 2. The SMILES string of the molecule is CCC(C)(C)NC(=O)COC(=O)c1c(N)c(C)nn1C. The summed E-state index contributed by atoms with van der Waals surface area (Å²) in [6.45, 7) is 7.12. The van der Waals surface area contributed by atoms with Crippen LogP contribution in [0.1, 0.15) is 43.4 Å². The van der Waals surface area contributed by atoms with Crippen LogP contribution in [0.15, 0.2) is 0 Å². The lowest BCUT2D eigenvalue weighted by Gasteiger charge is -2.24. The maximum Gasteiger partial charge on any atom is 0.359 e. The number of anilines is 1. The minimum absolute atomic E-state index is 0.157. The lowest BCUT2D eigenvalue weighted by molar-refractivity contribution is -0.125. The summed E-state index contributed by atoms with van der Waals surface area (Å²) in [5, 5.41) is 6.80. The van der Waals surface area contributed by atoms with Crippen LogP contribution in [0, 0.1) is 6.92 Å². The largest absolute Gasteiger partial charge is 0.451 e. The lowest BCUT2D eigenvalue weighted by Crippen LogP contribution is -2.44. The van der Waals surface area contributed by atoms with Gasteiger partial charge in [-0.1, -0.05) is 6.92 Å². The van der Waals surface area contributed by atoms with Crippen LogP contribution in [-0.4, -0.2) is 33.8 Å². The molecule has 0 saturated carbocycles. The van der Waals surface area contributed by atoms with Gasteiger partial charge in [0.2, 0.25) is 0 Å². The first-order valence-electron chi connectivity index (χ1n) is 6.45. The van der Waals surface area contributed by atoms with Gasteiger partial charge in [0.1, 0.15) is 0 Å². The second-order valence-corrected chi connectivity index (χ2v) is 5.33. The van der Waals surface area contributed by atoms with Gasteiger partial charge in [-0.15, -0.1) is 0 Å². The van der Waals surface area contributed by atoms with Crippen LogP contribution >= 0.6 is 0 Å². The van der Waals surface area contributed by atoms with E-state index in [1.165, 1.54) is 4.68 Å². The molecule has 1 aromatic rings. The van der Waals surface area contributed by atoms with E-state index in [4.69, 9.17) is 10.5 Å². The Labute approximate surface area is 118 Å². The van der Waals surface area contributed by atoms with E-state index in [1.807, 2.05) is 20.8 Å². The van der Waals surface area contributed by atoms with Gasteiger partial charge in [-0.3, -0.25) is 9.48 Å². The Morgan fingerprint density at radius 1 is 1.45 bits per heavy atom. The van der Waals surface area contributed by atoms with E-state index in [0.717, 1.165) is 6.42 Å². The number of hydrogen-bond acceptors (Lipinski definition) is 5. The molecule has 0 aliphatic heterocycles. The Kier molecular flexibility index (Phi) is 4.75. The van der Waals surface area contributed by atoms with E-state index in [1.54, 1.807) is 14.0 Å². The fourth-order valence-corrected chi connectivity index (χ4v) is 1.62. The molecule has 0 aliphatic rings. The fourth-order valence-electron chi connectivity index (χ4n) is 1.62. The standard InChI is InChI=1S/C13H22N4O3/c1-6-13(3,4)15-9(18)7-20-12(19)11-10(14)8(2)16-17(11)5/h6-7,14H2,1-5H3,(H,15,18). The molecule has 112 valence electrons. The maximum absolute atomic E-state index is 11.9. The van der Waals surface area contributed by atoms with Crippen molar-refractivity contribution in [2.75, 3.05) is 12.3 Å². The molecular formula is C13H22N4O3. The third-order valence-corrected chi connectivity index (χ3v) is 3.16. The molecule has 7 heteroatoms. The second kappa shape index (κ2) is 5.94. The van der Waals surface area contributed by atoms with Crippen molar-refractivity contribution in [3.8, 4) is 0 Å². The predicted octanol–water partition coefficient (Wildman–Crippen LogP) is 0.772. The van der Waals surface area contributed by atoms with E-state index >= 15 is 0 Å². The van der Waals surface area contributed by atoms with Crippen molar-refractivity contribution >= 4 is 17.6 Å². The lowest BCUT2D eigenvalue weighted by atomic mass is 10.0. The number of amides is 1. The molecule has 0 aliphatic carbocycles. The predicted molar refractivity (Wildman–Crippen MR) is 75.2 cm³/mol. The number of nitrogens with zero attached hydrogens (tertiary/aromatic N) is 2. The highest BCUT2D eigenvalue weighted by molar-refractivity contribution is 5.95. The molecule has 1 amide bonds. The van der Waals surface area contributed by atoms with Crippen LogP contribution in [0.5, 0.6) is 0 Å². The molecule has 0 aromatic carbocycles. The summed E-state index contributed by atoms with van der Waals surface area (Å²) in [5.41, 5.74) is 6.40. The molecule has 7 nitrogen and oxygen atoms in total. The van der Waals surface area contributed by atoms with Crippen molar-refractivity contribution in [2.45, 2.75) is 39.7 Å². The van der Waals surface area contributed by atoms with E-state index in [0.29, 0.717) is 5.69 Å². The zero-order valence-corrected chi connectivity index (χ0v) is 12.6. The van der Waals surface area contributed by atoms with Gasteiger partial charge >= 0.3 is 5.97 Å².